The molecule has 1 fully saturated rings. The Morgan fingerprint density at radius 2 is 1.93 bits per heavy atom. The number of rotatable bonds is 5. The molecular weight excluding hydrogens is 370 g/mol. The fourth-order valence-corrected chi connectivity index (χ4v) is 3.67. The minimum atomic E-state index is -0.422. The number of benzene rings is 1. The summed E-state index contributed by atoms with van der Waals surface area (Å²) in [4.78, 5) is 28.2. The van der Waals surface area contributed by atoms with Crippen LogP contribution in [-0.4, -0.2) is 48.2 Å². The topological polar surface area (TPSA) is 76.7 Å². The van der Waals surface area contributed by atoms with Crippen LogP contribution in [-0.2, 0) is 11.3 Å². The third kappa shape index (κ3) is 4.11. The molecule has 1 N–H and O–H groups in total. The smallest absolute Gasteiger partial charge is 0.263 e. The van der Waals surface area contributed by atoms with Crippen LogP contribution in [0.1, 0.15) is 21.7 Å². The Balaban J connectivity index is 1.56. The Hall–Kier alpha value is -2.90. The van der Waals surface area contributed by atoms with Gasteiger partial charge in [-0.1, -0.05) is 12.1 Å². The zero-order valence-electron chi connectivity index (χ0n) is 16.7. The first-order valence-corrected chi connectivity index (χ1v) is 9.83. The van der Waals surface area contributed by atoms with Crippen LogP contribution in [0.4, 0.5) is 5.69 Å². The highest BCUT2D eigenvalue weighted by molar-refractivity contribution is 6.08. The Labute approximate surface area is 168 Å². The molecule has 0 spiro atoms. The average Bonchev–Trinajstić information content (AvgIpc) is 3.09. The lowest BCUT2D eigenvalue weighted by molar-refractivity contribution is 0.0363. The van der Waals surface area contributed by atoms with E-state index in [1.54, 1.807) is 23.8 Å². The molecule has 7 nitrogen and oxygen atoms in total. The molecule has 0 atom stereocenters. The minimum absolute atomic E-state index is 0.162. The van der Waals surface area contributed by atoms with Gasteiger partial charge in [0.15, 0.2) is 5.58 Å². The van der Waals surface area contributed by atoms with Gasteiger partial charge in [-0.05, 0) is 37.6 Å². The standard InChI is InChI=1S/C22H25N3O4/c1-15-6-7-25(9-8-24-10-12-28-13-11-24)22(27)19(15)21(26)23-18-5-3-4-17-14-16(2)29-20(17)18/h3-7,14H,8-13H2,1-2H3,(H,23,26). The maximum absolute atomic E-state index is 13.0. The number of hydrogen-bond donors (Lipinski definition) is 1. The van der Waals surface area contributed by atoms with E-state index in [0.29, 0.717) is 36.6 Å². The minimum Gasteiger partial charge on any atom is -0.459 e. The first-order chi connectivity index (χ1) is 14.0. The van der Waals surface area contributed by atoms with Crippen molar-refractivity contribution in [3.63, 3.8) is 0 Å². The van der Waals surface area contributed by atoms with E-state index in [1.165, 1.54) is 0 Å². The third-order valence-electron chi connectivity index (χ3n) is 5.28. The lowest BCUT2D eigenvalue weighted by atomic mass is 10.1. The lowest BCUT2D eigenvalue weighted by Gasteiger charge is -2.26. The molecule has 7 heteroatoms. The number of pyridine rings is 1. The van der Waals surface area contributed by atoms with Gasteiger partial charge in [0.2, 0.25) is 0 Å². The summed E-state index contributed by atoms with van der Waals surface area (Å²) < 4.78 is 12.7. The number of amides is 1. The van der Waals surface area contributed by atoms with E-state index in [1.807, 2.05) is 31.2 Å². The van der Waals surface area contributed by atoms with Crippen LogP contribution >= 0.6 is 0 Å². The number of para-hydroxylation sites is 1. The highest BCUT2D eigenvalue weighted by atomic mass is 16.5. The lowest BCUT2D eigenvalue weighted by Crippen LogP contribution is -2.40. The number of carbonyl (C=O) groups excluding carboxylic acids is 1. The number of carbonyl (C=O) groups is 1. The van der Waals surface area contributed by atoms with Crippen molar-refractivity contribution >= 4 is 22.6 Å². The van der Waals surface area contributed by atoms with Crippen molar-refractivity contribution in [2.24, 2.45) is 0 Å². The highest BCUT2D eigenvalue weighted by Crippen LogP contribution is 2.26. The molecule has 1 aliphatic rings. The third-order valence-corrected chi connectivity index (χ3v) is 5.28. The maximum Gasteiger partial charge on any atom is 0.263 e. The van der Waals surface area contributed by atoms with E-state index >= 15 is 0 Å². The SMILES string of the molecule is Cc1cc2cccc(NC(=O)c3c(C)ccn(CCN4CCOCC4)c3=O)c2o1. The molecule has 1 aromatic carbocycles. The van der Waals surface area contributed by atoms with Gasteiger partial charge < -0.3 is 19.0 Å². The second-order valence-corrected chi connectivity index (χ2v) is 7.36. The Kier molecular flexibility index (Phi) is 5.51. The molecule has 29 heavy (non-hydrogen) atoms. The van der Waals surface area contributed by atoms with Gasteiger partial charge in [0, 0.05) is 37.8 Å². The monoisotopic (exact) mass is 395 g/mol. The molecule has 0 bridgehead atoms. The number of nitrogens with zero attached hydrogens (tertiary/aromatic N) is 2. The average molecular weight is 395 g/mol. The molecule has 3 heterocycles. The van der Waals surface area contributed by atoms with Gasteiger partial charge in [0.1, 0.15) is 11.3 Å². The first-order valence-electron chi connectivity index (χ1n) is 9.83. The van der Waals surface area contributed by atoms with Crippen molar-refractivity contribution < 1.29 is 13.9 Å². The van der Waals surface area contributed by atoms with Gasteiger partial charge >= 0.3 is 0 Å². The largest absolute Gasteiger partial charge is 0.459 e. The van der Waals surface area contributed by atoms with Crippen molar-refractivity contribution in [3.05, 3.63) is 63.8 Å². The Morgan fingerprint density at radius 3 is 2.72 bits per heavy atom. The van der Waals surface area contributed by atoms with Crippen LogP contribution in [0.15, 0.2) is 45.7 Å². The van der Waals surface area contributed by atoms with Crippen LogP contribution in [0.5, 0.6) is 0 Å². The van der Waals surface area contributed by atoms with Crippen LogP contribution < -0.4 is 10.9 Å². The summed E-state index contributed by atoms with van der Waals surface area (Å²) in [5, 5.41) is 3.77. The number of anilines is 1. The second-order valence-electron chi connectivity index (χ2n) is 7.36. The van der Waals surface area contributed by atoms with Gasteiger partial charge in [0.05, 0.1) is 18.9 Å². The summed E-state index contributed by atoms with van der Waals surface area (Å²) in [6, 6.07) is 9.28. The zero-order valence-corrected chi connectivity index (χ0v) is 16.7. The zero-order chi connectivity index (χ0) is 20.4. The van der Waals surface area contributed by atoms with E-state index in [4.69, 9.17) is 9.15 Å². The van der Waals surface area contributed by atoms with Gasteiger partial charge in [-0.15, -0.1) is 0 Å². The molecule has 0 radical (unpaired) electrons. The number of fused-ring (bicyclic) bond motifs is 1. The number of morpholine rings is 1. The second kappa shape index (κ2) is 8.23. The molecule has 1 aliphatic heterocycles. The number of ether oxygens (including phenoxy) is 1. The maximum atomic E-state index is 13.0. The van der Waals surface area contributed by atoms with Crippen LogP contribution in [0.2, 0.25) is 0 Å². The predicted molar refractivity (Wildman–Crippen MR) is 112 cm³/mol. The first kappa shape index (κ1) is 19.4. The molecule has 0 unspecified atom stereocenters. The molecule has 3 aromatic rings. The van der Waals surface area contributed by atoms with E-state index in [0.717, 1.165) is 30.8 Å². The summed E-state index contributed by atoms with van der Waals surface area (Å²) >= 11 is 0. The molecule has 0 saturated carbocycles. The van der Waals surface area contributed by atoms with Crippen LogP contribution in [0.25, 0.3) is 11.0 Å². The number of aromatic nitrogens is 1. The summed E-state index contributed by atoms with van der Waals surface area (Å²) in [6.07, 6.45) is 1.76. The molecular formula is C22H25N3O4. The molecule has 2 aromatic heterocycles. The number of furan rings is 1. The summed E-state index contributed by atoms with van der Waals surface area (Å²) in [5.41, 5.74) is 1.70. The molecule has 1 amide bonds. The van der Waals surface area contributed by atoms with E-state index in [2.05, 4.69) is 10.2 Å². The van der Waals surface area contributed by atoms with Gasteiger partial charge in [-0.25, -0.2) is 0 Å². The number of nitrogens with one attached hydrogen (secondary N) is 1. The van der Waals surface area contributed by atoms with Gasteiger partial charge in [0.25, 0.3) is 11.5 Å². The summed E-state index contributed by atoms with van der Waals surface area (Å²) in [6.45, 7) is 8.08. The summed E-state index contributed by atoms with van der Waals surface area (Å²) in [7, 11) is 0. The molecule has 4 rings (SSSR count). The van der Waals surface area contributed by atoms with Crippen LogP contribution in [0, 0.1) is 13.8 Å². The molecule has 152 valence electrons. The van der Waals surface area contributed by atoms with Crippen molar-refractivity contribution in [1.29, 1.82) is 0 Å². The quantitative estimate of drug-likeness (QED) is 0.719. The van der Waals surface area contributed by atoms with Crippen LogP contribution in [0.3, 0.4) is 0 Å². The Morgan fingerprint density at radius 1 is 1.14 bits per heavy atom. The highest BCUT2D eigenvalue weighted by Gasteiger charge is 2.18. The van der Waals surface area contributed by atoms with Gasteiger partial charge in [-0.2, -0.15) is 0 Å². The van der Waals surface area contributed by atoms with Crippen molar-refractivity contribution in [1.82, 2.24) is 9.47 Å². The van der Waals surface area contributed by atoms with Crippen molar-refractivity contribution in [2.75, 3.05) is 38.2 Å². The van der Waals surface area contributed by atoms with Crippen molar-refractivity contribution in [2.45, 2.75) is 20.4 Å². The fraction of sp³-hybridized carbons (Fsp3) is 0.364. The molecule has 1 saturated heterocycles. The predicted octanol–water partition coefficient (Wildman–Crippen LogP) is 2.80. The van der Waals surface area contributed by atoms with E-state index in [9.17, 15) is 9.59 Å². The fourth-order valence-electron chi connectivity index (χ4n) is 3.67. The van der Waals surface area contributed by atoms with E-state index < -0.39 is 5.91 Å². The molecule has 0 aliphatic carbocycles. The van der Waals surface area contributed by atoms with E-state index in [-0.39, 0.29) is 11.1 Å². The van der Waals surface area contributed by atoms with Gasteiger partial charge in [-0.3, -0.25) is 14.5 Å². The number of aryl methyl sites for hydroxylation is 2. The Bertz CT molecular complexity index is 1090. The normalized spacial score (nSPS) is 15.0. The number of hydrogen-bond acceptors (Lipinski definition) is 5. The summed E-state index contributed by atoms with van der Waals surface area (Å²) in [5.74, 6) is 0.345. The van der Waals surface area contributed by atoms with Crippen molar-refractivity contribution in [3.8, 4) is 0 Å².